The zero-order valence-electron chi connectivity index (χ0n) is 12.7. The maximum Gasteiger partial charge on any atom is 0.122 e. The molecule has 0 radical (unpaired) electrons. The summed E-state index contributed by atoms with van der Waals surface area (Å²) in [6.45, 7) is 11.0. The maximum absolute atomic E-state index is 5.97. The molecule has 110 valence electrons. The van der Waals surface area contributed by atoms with Crippen molar-refractivity contribution in [1.29, 1.82) is 0 Å². The van der Waals surface area contributed by atoms with Crippen molar-refractivity contribution in [3.8, 4) is 5.75 Å². The summed E-state index contributed by atoms with van der Waals surface area (Å²) in [4.78, 5) is 2.57. The summed E-state index contributed by atoms with van der Waals surface area (Å²) >= 11 is 0. The molecule has 1 aromatic carbocycles. The number of rotatable bonds is 4. The molecule has 3 rings (SSSR count). The summed E-state index contributed by atoms with van der Waals surface area (Å²) in [5.74, 6) is 1.04. The molecule has 0 amide bonds. The van der Waals surface area contributed by atoms with Gasteiger partial charge in [0.1, 0.15) is 12.4 Å². The van der Waals surface area contributed by atoms with Crippen molar-refractivity contribution < 1.29 is 4.74 Å². The minimum absolute atomic E-state index is 0.569. The van der Waals surface area contributed by atoms with Crippen molar-refractivity contribution in [3.63, 3.8) is 0 Å². The van der Waals surface area contributed by atoms with Gasteiger partial charge in [0, 0.05) is 19.6 Å². The molecule has 3 heteroatoms. The largest absolute Gasteiger partial charge is 0.492 e. The molecule has 1 aromatic rings. The summed E-state index contributed by atoms with van der Waals surface area (Å²) < 4.78 is 5.97. The Balaban J connectivity index is 1.47. The van der Waals surface area contributed by atoms with Crippen molar-refractivity contribution in [1.82, 2.24) is 10.2 Å². The van der Waals surface area contributed by atoms with Gasteiger partial charge in [0.25, 0.3) is 0 Å². The molecule has 20 heavy (non-hydrogen) atoms. The second-order valence-corrected chi connectivity index (χ2v) is 6.57. The van der Waals surface area contributed by atoms with Gasteiger partial charge < -0.3 is 10.1 Å². The van der Waals surface area contributed by atoms with E-state index in [0.717, 1.165) is 18.9 Å². The third kappa shape index (κ3) is 2.99. The molecule has 0 aliphatic carbocycles. The van der Waals surface area contributed by atoms with E-state index in [2.05, 4.69) is 42.3 Å². The SMILES string of the molecule is Cc1ccc(C)c(OCCN2CCC3(CCNC3)C2)c1. The first-order valence-corrected chi connectivity index (χ1v) is 7.80. The standard InChI is InChI=1S/C17H26N2O/c1-14-3-4-15(2)16(11-14)20-10-9-19-8-6-17(13-19)5-7-18-12-17/h3-4,11,18H,5-10,12-13H2,1-2H3. The van der Waals surface area contributed by atoms with Gasteiger partial charge in [-0.25, -0.2) is 0 Å². The van der Waals surface area contributed by atoms with E-state index in [1.54, 1.807) is 0 Å². The number of nitrogens with one attached hydrogen (secondary N) is 1. The van der Waals surface area contributed by atoms with Gasteiger partial charge in [-0.3, -0.25) is 4.90 Å². The summed E-state index contributed by atoms with van der Waals surface area (Å²) in [5, 5.41) is 3.51. The Bertz CT molecular complexity index is 466. The number of nitrogens with zero attached hydrogens (tertiary/aromatic N) is 1. The van der Waals surface area contributed by atoms with E-state index in [1.807, 2.05) is 0 Å². The van der Waals surface area contributed by atoms with Gasteiger partial charge in [-0.2, -0.15) is 0 Å². The zero-order chi connectivity index (χ0) is 14.0. The van der Waals surface area contributed by atoms with Crippen LogP contribution in [0.4, 0.5) is 0 Å². The van der Waals surface area contributed by atoms with Crippen LogP contribution in [0, 0.1) is 19.3 Å². The monoisotopic (exact) mass is 274 g/mol. The minimum Gasteiger partial charge on any atom is -0.492 e. The number of aryl methyl sites for hydroxylation is 2. The highest BCUT2D eigenvalue weighted by molar-refractivity contribution is 5.35. The third-order valence-electron chi connectivity index (χ3n) is 4.86. The predicted molar refractivity (Wildman–Crippen MR) is 82.4 cm³/mol. The molecule has 0 bridgehead atoms. The lowest BCUT2D eigenvalue weighted by molar-refractivity contribution is 0.217. The molecule has 0 saturated carbocycles. The predicted octanol–water partition coefficient (Wildman–Crippen LogP) is 2.37. The molecule has 1 atom stereocenters. The van der Waals surface area contributed by atoms with Crippen molar-refractivity contribution in [2.24, 2.45) is 5.41 Å². The topological polar surface area (TPSA) is 24.5 Å². The van der Waals surface area contributed by atoms with Crippen molar-refractivity contribution in [2.75, 3.05) is 39.3 Å². The fourth-order valence-electron chi connectivity index (χ4n) is 3.51. The van der Waals surface area contributed by atoms with Gasteiger partial charge in [0.2, 0.25) is 0 Å². The molecular formula is C17H26N2O. The molecule has 2 fully saturated rings. The van der Waals surface area contributed by atoms with E-state index in [9.17, 15) is 0 Å². The third-order valence-corrected chi connectivity index (χ3v) is 4.86. The van der Waals surface area contributed by atoms with Gasteiger partial charge in [0.15, 0.2) is 0 Å². The summed E-state index contributed by atoms with van der Waals surface area (Å²) in [6.07, 6.45) is 2.70. The fraction of sp³-hybridized carbons (Fsp3) is 0.647. The van der Waals surface area contributed by atoms with Crippen LogP contribution >= 0.6 is 0 Å². The lowest BCUT2D eigenvalue weighted by Crippen LogP contribution is -2.31. The Morgan fingerprint density at radius 1 is 1.30 bits per heavy atom. The quantitative estimate of drug-likeness (QED) is 0.912. The smallest absolute Gasteiger partial charge is 0.122 e. The molecule has 1 N–H and O–H groups in total. The first-order chi connectivity index (χ1) is 9.67. The number of benzene rings is 1. The van der Waals surface area contributed by atoms with Crippen LogP contribution in [0.25, 0.3) is 0 Å². The minimum atomic E-state index is 0.569. The van der Waals surface area contributed by atoms with Crippen molar-refractivity contribution in [2.45, 2.75) is 26.7 Å². The summed E-state index contributed by atoms with van der Waals surface area (Å²) in [5.41, 5.74) is 3.07. The molecule has 1 unspecified atom stereocenters. The second kappa shape index (κ2) is 5.74. The average Bonchev–Trinajstić information content (AvgIpc) is 3.05. The number of hydrogen-bond donors (Lipinski definition) is 1. The van der Waals surface area contributed by atoms with Crippen LogP contribution in [-0.2, 0) is 0 Å². The number of hydrogen-bond acceptors (Lipinski definition) is 3. The first kappa shape index (κ1) is 13.9. The van der Waals surface area contributed by atoms with Crippen LogP contribution in [0.2, 0.25) is 0 Å². The molecule has 2 aliphatic rings. The highest BCUT2D eigenvalue weighted by Crippen LogP contribution is 2.35. The van der Waals surface area contributed by atoms with Crippen LogP contribution in [0.5, 0.6) is 5.75 Å². The van der Waals surface area contributed by atoms with Crippen LogP contribution in [0.15, 0.2) is 18.2 Å². The molecule has 1 spiro atoms. The van der Waals surface area contributed by atoms with E-state index in [0.29, 0.717) is 5.41 Å². The van der Waals surface area contributed by atoms with Crippen LogP contribution in [0.3, 0.4) is 0 Å². The van der Waals surface area contributed by atoms with Gasteiger partial charge in [-0.15, -0.1) is 0 Å². The van der Waals surface area contributed by atoms with Gasteiger partial charge >= 0.3 is 0 Å². The average molecular weight is 274 g/mol. The number of ether oxygens (including phenoxy) is 1. The molecular weight excluding hydrogens is 248 g/mol. The second-order valence-electron chi connectivity index (χ2n) is 6.57. The van der Waals surface area contributed by atoms with Gasteiger partial charge in [-0.1, -0.05) is 12.1 Å². The first-order valence-electron chi connectivity index (χ1n) is 7.80. The van der Waals surface area contributed by atoms with Crippen molar-refractivity contribution >= 4 is 0 Å². The van der Waals surface area contributed by atoms with Crippen LogP contribution < -0.4 is 10.1 Å². The highest BCUT2D eigenvalue weighted by Gasteiger charge is 2.39. The Morgan fingerprint density at radius 2 is 2.20 bits per heavy atom. The molecule has 2 saturated heterocycles. The van der Waals surface area contributed by atoms with E-state index >= 15 is 0 Å². The van der Waals surface area contributed by atoms with Gasteiger partial charge in [-0.05, 0) is 62.4 Å². The zero-order valence-corrected chi connectivity index (χ0v) is 12.7. The number of likely N-dealkylation sites (tertiary alicyclic amines) is 1. The molecule has 0 aromatic heterocycles. The van der Waals surface area contributed by atoms with E-state index in [-0.39, 0.29) is 0 Å². The summed E-state index contributed by atoms with van der Waals surface area (Å²) in [7, 11) is 0. The van der Waals surface area contributed by atoms with E-state index in [4.69, 9.17) is 4.74 Å². The Morgan fingerprint density at radius 3 is 3.00 bits per heavy atom. The lowest BCUT2D eigenvalue weighted by Gasteiger charge is -2.23. The highest BCUT2D eigenvalue weighted by atomic mass is 16.5. The fourth-order valence-corrected chi connectivity index (χ4v) is 3.51. The Kier molecular flexibility index (Phi) is 3.99. The van der Waals surface area contributed by atoms with Crippen molar-refractivity contribution in [3.05, 3.63) is 29.3 Å². The van der Waals surface area contributed by atoms with E-state index in [1.165, 1.54) is 50.1 Å². The summed E-state index contributed by atoms with van der Waals surface area (Å²) in [6, 6.07) is 6.42. The molecule has 2 heterocycles. The van der Waals surface area contributed by atoms with E-state index < -0.39 is 0 Å². The van der Waals surface area contributed by atoms with Crippen LogP contribution in [0.1, 0.15) is 24.0 Å². The van der Waals surface area contributed by atoms with Crippen LogP contribution in [-0.4, -0.2) is 44.2 Å². The van der Waals surface area contributed by atoms with Gasteiger partial charge in [0.05, 0.1) is 0 Å². The molecule has 3 nitrogen and oxygen atoms in total. The lowest BCUT2D eigenvalue weighted by atomic mass is 9.87. The molecule has 2 aliphatic heterocycles. The normalized spacial score (nSPS) is 26.5. The Labute approximate surface area is 122 Å². The Hall–Kier alpha value is -1.06. The maximum atomic E-state index is 5.97.